The smallest absolute Gasteiger partial charge is 0.464 e. The number of aromatic nitrogens is 3. The largest absolute Gasteiger partial charge is 0.613 e. The number of unbranched alkanes of at least 4 members (excludes halogenated alkanes) is 1. The van der Waals surface area contributed by atoms with E-state index in [4.69, 9.17) is 29.2 Å². The van der Waals surface area contributed by atoms with Gasteiger partial charge in [-0.1, -0.05) is 46.1 Å². The van der Waals surface area contributed by atoms with Gasteiger partial charge in [0.05, 0.1) is 24.1 Å². The molecule has 3 heterocycles. The summed E-state index contributed by atoms with van der Waals surface area (Å²) in [5.41, 5.74) is 4.63. The molecule has 1 unspecified atom stereocenters. The summed E-state index contributed by atoms with van der Waals surface area (Å²) in [4.78, 5) is 41.9. The predicted octanol–water partition coefficient (Wildman–Crippen LogP) is 2.78. The van der Waals surface area contributed by atoms with Crippen LogP contribution in [-0.4, -0.2) is 69.6 Å². The van der Waals surface area contributed by atoms with E-state index in [2.05, 4.69) is 15.2 Å². The van der Waals surface area contributed by atoms with Crippen molar-refractivity contribution >= 4 is 37.4 Å². The van der Waals surface area contributed by atoms with Gasteiger partial charge in [-0.15, -0.1) is 4.52 Å². The fourth-order valence-electron chi connectivity index (χ4n) is 4.10. The first-order valence-corrected chi connectivity index (χ1v) is 15.1. The molecule has 0 aromatic carbocycles. The minimum atomic E-state index is -2.73. The Morgan fingerprint density at radius 1 is 1.16 bits per heavy atom. The van der Waals surface area contributed by atoms with Gasteiger partial charge in [0.1, 0.15) is 30.1 Å². The summed E-state index contributed by atoms with van der Waals surface area (Å²) >= 11 is 0. The predicted molar refractivity (Wildman–Crippen MR) is 151 cm³/mol. The van der Waals surface area contributed by atoms with Crippen molar-refractivity contribution in [1.29, 1.82) is 5.26 Å². The lowest BCUT2D eigenvalue weighted by atomic mass is 9.95. The van der Waals surface area contributed by atoms with E-state index in [1.165, 1.54) is 17.8 Å². The van der Waals surface area contributed by atoms with Crippen molar-refractivity contribution in [1.82, 2.24) is 19.7 Å². The molecule has 1 saturated heterocycles. The number of nitriles is 1. The molecule has 0 aliphatic carbocycles. The molecule has 43 heavy (non-hydrogen) atoms. The number of carbonyl (C=O) groups is 3. The monoisotopic (exact) mass is 621 g/mol. The lowest BCUT2D eigenvalue weighted by molar-refractivity contribution is -0.173. The van der Waals surface area contributed by atoms with Crippen LogP contribution in [0.4, 0.5) is 5.82 Å². The molecule has 1 aliphatic heterocycles. The van der Waals surface area contributed by atoms with Crippen molar-refractivity contribution in [3.63, 3.8) is 0 Å². The maximum absolute atomic E-state index is 12.9. The Hall–Kier alpha value is -3.70. The molecule has 2 aromatic heterocycles. The Kier molecular flexibility index (Phi) is 11.5. The van der Waals surface area contributed by atoms with Gasteiger partial charge in [0.15, 0.2) is 24.6 Å². The highest BCUT2D eigenvalue weighted by atomic mass is 31.1. The van der Waals surface area contributed by atoms with Gasteiger partial charge in [-0.05, 0) is 30.0 Å². The number of ether oxygens (including phenoxy) is 4. The van der Waals surface area contributed by atoms with Crippen LogP contribution in [0.3, 0.4) is 0 Å². The van der Waals surface area contributed by atoms with Crippen LogP contribution in [0, 0.1) is 23.2 Å². The molecule has 15 nitrogen and oxygen atoms in total. The summed E-state index contributed by atoms with van der Waals surface area (Å²) in [5.74, 6) is -2.99. The lowest BCUT2D eigenvalue weighted by Gasteiger charge is -2.28. The number of fused-ring (bicyclic) bond motifs is 1. The highest BCUT2D eigenvalue weighted by Crippen LogP contribution is 2.45. The van der Waals surface area contributed by atoms with E-state index in [9.17, 15) is 24.2 Å². The quantitative estimate of drug-likeness (QED) is 0.135. The molecule has 3 rings (SSSR count). The van der Waals surface area contributed by atoms with Crippen LogP contribution >= 0.6 is 8.18 Å². The first-order valence-electron chi connectivity index (χ1n) is 14.0. The fourth-order valence-corrected chi connectivity index (χ4v) is 4.91. The highest BCUT2D eigenvalue weighted by Gasteiger charge is 2.62. The summed E-state index contributed by atoms with van der Waals surface area (Å²) in [5, 5.41) is 17.2. The summed E-state index contributed by atoms with van der Waals surface area (Å²) in [6.45, 7) is 9.36. The minimum absolute atomic E-state index is 0.165. The summed E-state index contributed by atoms with van der Waals surface area (Å²) < 4.78 is 42.6. The Balaban J connectivity index is 1.97. The molecular formula is C27H38N6O9P+. The number of hydrogen-bond donors (Lipinski definition) is 2. The number of nitrogens with zero attached hydrogens (tertiary/aromatic N) is 4. The van der Waals surface area contributed by atoms with Gasteiger partial charge >= 0.3 is 26.1 Å². The first-order chi connectivity index (χ1) is 20.3. The number of nitrogen functional groups attached to an aromatic ring is 1. The maximum Gasteiger partial charge on any atom is 0.613 e. The molecule has 0 bridgehead atoms. The van der Waals surface area contributed by atoms with Crippen LogP contribution < -0.4 is 10.8 Å². The number of esters is 3. The third-order valence-electron chi connectivity index (χ3n) is 6.61. The van der Waals surface area contributed by atoms with Crippen LogP contribution in [-0.2, 0) is 42.4 Å². The van der Waals surface area contributed by atoms with E-state index < -0.39 is 74.5 Å². The van der Waals surface area contributed by atoms with E-state index in [0.29, 0.717) is 17.6 Å². The summed E-state index contributed by atoms with van der Waals surface area (Å²) in [7, 11) is -2.73. The van der Waals surface area contributed by atoms with Gasteiger partial charge in [-0.25, -0.2) is 9.50 Å². The number of anilines is 1. The molecule has 2 aromatic rings. The fraction of sp³-hybridized carbons (Fsp3) is 0.630. The molecule has 0 spiro atoms. The zero-order valence-electron chi connectivity index (χ0n) is 25.0. The molecule has 0 radical (unpaired) electrons. The third-order valence-corrected chi connectivity index (χ3v) is 7.58. The van der Waals surface area contributed by atoms with Crippen molar-refractivity contribution in [2.75, 3.05) is 18.9 Å². The Bertz CT molecular complexity index is 1380. The lowest BCUT2D eigenvalue weighted by Crippen LogP contribution is -2.50. The zero-order chi connectivity index (χ0) is 31.9. The van der Waals surface area contributed by atoms with E-state index in [-0.39, 0.29) is 12.4 Å². The number of rotatable bonds is 14. The normalized spacial score (nSPS) is 22.8. The van der Waals surface area contributed by atoms with Gasteiger partial charge < -0.3 is 24.7 Å². The van der Waals surface area contributed by atoms with E-state index in [0.717, 1.165) is 6.42 Å². The SMILES string of the molecule is CCCCOC(=O)[C@H](C)N[P+](=O)OC[C@@]1(C#N)O[C@@H](c2ccc3c(N)ncnn23)[C@H](OC(=O)C(C)C)[C@@H]1OC(=O)C(C)C. The van der Waals surface area contributed by atoms with E-state index in [1.54, 1.807) is 39.8 Å². The van der Waals surface area contributed by atoms with Crippen molar-refractivity contribution in [2.45, 2.75) is 84.3 Å². The molecule has 3 N–H and O–H groups in total. The van der Waals surface area contributed by atoms with Crippen LogP contribution in [0.5, 0.6) is 0 Å². The van der Waals surface area contributed by atoms with Crippen LogP contribution in [0.1, 0.15) is 66.2 Å². The average Bonchev–Trinajstić information content (AvgIpc) is 3.52. The maximum atomic E-state index is 12.9. The number of carbonyl (C=O) groups excluding carboxylic acids is 3. The van der Waals surface area contributed by atoms with E-state index in [1.807, 2.05) is 13.0 Å². The van der Waals surface area contributed by atoms with Gasteiger partial charge in [0.25, 0.3) is 0 Å². The second kappa shape index (κ2) is 14.7. The van der Waals surface area contributed by atoms with Gasteiger partial charge in [-0.2, -0.15) is 10.4 Å². The molecular weight excluding hydrogens is 583 g/mol. The van der Waals surface area contributed by atoms with Crippen LogP contribution in [0.25, 0.3) is 5.52 Å². The second-order valence-corrected chi connectivity index (χ2v) is 11.7. The number of nitrogens with one attached hydrogen (secondary N) is 1. The molecule has 1 aliphatic rings. The average molecular weight is 622 g/mol. The van der Waals surface area contributed by atoms with Gasteiger partial charge in [-0.3, -0.25) is 14.4 Å². The van der Waals surface area contributed by atoms with Crippen LogP contribution in [0.15, 0.2) is 18.5 Å². The van der Waals surface area contributed by atoms with Gasteiger partial charge in [0.2, 0.25) is 5.60 Å². The summed E-state index contributed by atoms with van der Waals surface area (Å²) in [6, 6.07) is 4.23. The van der Waals surface area contributed by atoms with Crippen molar-refractivity contribution in [3.05, 3.63) is 24.2 Å². The molecule has 1 fully saturated rings. The Morgan fingerprint density at radius 3 is 2.47 bits per heavy atom. The molecule has 234 valence electrons. The zero-order valence-corrected chi connectivity index (χ0v) is 25.9. The van der Waals surface area contributed by atoms with Crippen molar-refractivity contribution in [2.24, 2.45) is 11.8 Å². The molecule has 0 saturated carbocycles. The summed E-state index contributed by atoms with van der Waals surface area (Å²) in [6.07, 6.45) is -1.32. The highest BCUT2D eigenvalue weighted by molar-refractivity contribution is 7.36. The minimum Gasteiger partial charge on any atom is -0.464 e. The first kappa shape index (κ1) is 33.8. The molecule has 6 atom stereocenters. The molecule has 16 heteroatoms. The number of nitrogens with two attached hydrogens (primary N) is 1. The van der Waals surface area contributed by atoms with Crippen LogP contribution in [0.2, 0.25) is 0 Å². The topological polar surface area (TPSA) is 206 Å². The van der Waals surface area contributed by atoms with E-state index >= 15 is 0 Å². The van der Waals surface area contributed by atoms with Crippen molar-refractivity contribution < 1.29 is 42.4 Å². The second-order valence-electron chi connectivity index (χ2n) is 10.7. The third kappa shape index (κ3) is 7.83. The number of hydrogen-bond acceptors (Lipinski definition) is 13. The van der Waals surface area contributed by atoms with Gasteiger partial charge in [0, 0.05) is 0 Å². The molecule has 0 amide bonds. The Labute approximate surface area is 250 Å². The van der Waals surface area contributed by atoms with Crippen molar-refractivity contribution in [3.8, 4) is 6.07 Å². The Morgan fingerprint density at radius 2 is 1.84 bits per heavy atom. The standard InChI is InChI=1S/C27H38N6O9P/c1-7-8-11-38-26(36)17(6)32-43(37)39-13-27(12-28)22(41-25(35)16(4)5)21(40-24(34)15(2)3)20(42-27)18-9-10-19-23(29)30-14-31-33(18)19/h9-10,14-17,20-22H,7-8,11,13H2,1-6H3,(H,32,37)(H2,29,30,31)/q+1/t17-,20-,21-,22-,27+/m0/s1.